The Balaban J connectivity index is 2.58. The van der Waals surface area contributed by atoms with Gasteiger partial charge in [-0.25, -0.2) is 0 Å². The first-order valence-electron chi connectivity index (χ1n) is 9.28. The first-order valence-corrected chi connectivity index (χ1v) is 12.6. The molecule has 0 saturated heterocycles. The third kappa shape index (κ3) is 4.87. The highest BCUT2D eigenvalue weighted by Crippen LogP contribution is 2.41. The van der Waals surface area contributed by atoms with Gasteiger partial charge in [0.05, 0.1) is 26.9 Å². The zero-order valence-corrected chi connectivity index (χ0v) is 20.1. The fraction of sp³-hybridized carbons (Fsp3) is 0.409. The van der Waals surface area contributed by atoms with Crippen molar-refractivity contribution in [3.8, 4) is 23.0 Å². The molecule has 29 heavy (non-hydrogen) atoms. The highest BCUT2D eigenvalue weighted by molar-refractivity contribution is 6.74. The van der Waals surface area contributed by atoms with Crippen molar-refractivity contribution in [2.45, 2.75) is 38.9 Å². The molecule has 0 aliphatic carbocycles. The van der Waals surface area contributed by atoms with E-state index in [0.29, 0.717) is 39.1 Å². The zero-order valence-electron chi connectivity index (χ0n) is 18.3. The van der Waals surface area contributed by atoms with E-state index >= 15 is 0 Å². The van der Waals surface area contributed by atoms with Crippen LogP contribution in [0, 0.1) is 0 Å². The van der Waals surface area contributed by atoms with E-state index in [0.717, 1.165) is 0 Å². The standard InChI is InChI=1S/C22H29ClO5Si/c1-22(2,3)29(7,8)28-17-10-9-15(23)13-16(17)20(24)14-11-18(25-4)21(27-6)19(12-14)26-5/h9-13H,1-8H3. The van der Waals surface area contributed by atoms with Gasteiger partial charge in [-0.1, -0.05) is 32.4 Å². The smallest absolute Gasteiger partial charge is 0.250 e. The van der Waals surface area contributed by atoms with Gasteiger partial charge in [0.2, 0.25) is 5.75 Å². The molecule has 0 spiro atoms. The van der Waals surface area contributed by atoms with Gasteiger partial charge in [-0.05, 0) is 48.5 Å². The third-order valence-electron chi connectivity index (χ3n) is 5.28. The molecule has 0 saturated carbocycles. The van der Waals surface area contributed by atoms with E-state index in [1.54, 1.807) is 30.3 Å². The van der Waals surface area contributed by atoms with Gasteiger partial charge < -0.3 is 18.6 Å². The summed E-state index contributed by atoms with van der Waals surface area (Å²) < 4.78 is 22.5. The summed E-state index contributed by atoms with van der Waals surface area (Å²) in [5.41, 5.74) is 0.790. The van der Waals surface area contributed by atoms with Crippen LogP contribution in [0.4, 0.5) is 0 Å². The number of hydrogen-bond donors (Lipinski definition) is 0. The van der Waals surface area contributed by atoms with Crippen molar-refractivity contribution in [2.24, 2.45) is 0 Å². The van der Waals surface area contributed by atoms with E-state index in [9.17, 15) is 4.79 Å². The average molecular weight is 437 g/mol. The highest BCUT2D eigenvalue weighted by atomic mass is 35.5. The molecule has 0 bridgehead atoms. The molecule has 2 rings (SSSR count). The SMILES string of the molecule is COc1cc(C(=O)c2cc(Cl)ccc2O[Si](C)(C)C(C)(C)C)cc(OC)c1OC. The second-order valence-corrected chi connectivity index (χ2v) is 13.4. The summed E-state index contributed by atoms with van der Waals surface area (Å²) in [6.07, 6.45) is 0. The van der Waals surface area contributed by atoms with Gasteiger partial charge in [0, 0.05) is 10.6 Å². The minimum atomic E-state index is -2.16. The number of rotatable bonds is 7. The van der Waals surface area contributed by atoms with Crippen LogP contribution in [-0.4, -0.2) is 35.4 Å². The number of methoxy groups -OCH3 is 3. The Labute approximate surface area is 179 Å². The molecule has 158 valence electrons. The van der Waals surface area contributed by atoms with Crippen LogP contribution in [0.3, 0.4) is 0 Å². The number of ketones is 1. The second-order valence-electron chi connectivity index (χ2n) is 8.25. The lowest BCUT2D eigenvalue weighted by molar-refractivity contribution is 0.103. The van der Waals surface area contributed by atoms with E-state index in [-0.39, 0.29) is 10.8 Å². The van der Waals surface area contributed by atoms with Gasteiger partial charge in [0.25, 0.3) is 8.32 Å². The fourth-order valence-corrected chi connectivity index (χ4v) is 3.77. The van der Waals surface area contributed by atoms with E-state index in [2.05, 4.69) is 33.9 Å². The molecule has 2 aromatic carbocycles. The Hall–Kier alpha value is -2.18. The summed E-state index contributed by atoms with van der Waals surface area (Å²) >= 11 is 6.21. The van der Waals surface area contributed by atoms with Crippen molar-refractivity contribution in [2.75, 3.05) is 21.3 Å². The summed E-state index contributed by atoms with van der Waals surface area (Å²) in [5, 5.41) is 0.447. The molecule has 0 aliphatic rings. The topological polar surface area (TPSA) is 54.0 Å². The van der Waals surface area contributed by atoms with Gasteiger partial charge in [0.15, 0.2) is 17.3 Å². The van der Waals surface area contributed by atoms with Gasteiger partial charge >= 0.3 is 0 Å². The van der Waals surface area contributed by atoms with Crippen LogP contribution in [-0.2, 0) is 0 Å². The van der Waals surface area contributed by atoms with E-state index in [1.807, 2.05) is 0 Å². The zero-order chi connectivity index (χ0) is 22.0. The quantitative estimate of drug-likeness (QED) is 0.394. The average Bonchev–Trinajstić information content (AvgIpc) is 2.66. The summed E-state index contributed by atoms with van der Waals surface area (Å²) in [4.78, 5) is 13.4. The molecule has 0 heterocycles. The fourth-order valence-electron chi connectivity index (χ4n) is 2.56. The van der Waals surface area contributed by atoms with Gasteiger partial charge in [-0.15, -0.1) is 0 Å². The van der Waals surface area contributed by atoms with Crippen molar-refractivity contribution in [1.82, 2.24) is 0 Å². The Morgan fingerprint density at radius 3 is 1.90 bits per heavy atom. The lowest BCUT2D eigenvalue weighted by Gasteiger charge is -2.37. The summed E-state index contributed by atoms with van der Waals surface area (Å²) in [6.45, 7) is 10.7. The van der Waals surface area contributed by atoms with Crippen LogP contribution in [0.5, 0.6) is 23.0 Å². The third-order valence-corrected chi connectivity index (χ3v) is 9.86. The van der Waals surface area contributed by atoms with Crippen LogP contribution >= 0.6 is 11.6 Å². The number of benzene rings is 2. The molecular formula is C22H29ClO5Si. The number of halogens is 1. The lowest BCUT2D eigenvalue weighted by Crippen LogP contribution is -2.44. The monoisotopic (exact) mass is 436 g/mol. The minimum Gasteiger partial charge on any atom is -0.543 e. The van der Waals surface area contributed by atoms with Crippen LogP contribution in [0.1, 0.15) is 36.7 Å². The van der Waals surface area contributed by atoms with Crippen LogP contribution in [0.2, 0.25) is 23.2 Å². The van der Waals surface area contributed by atoms with E-state index < -0.39 is 8.32 Å². The maximum absolute atomic E-state index is 13.4. The van der Waals surface area contributed by atoms with Crippen molar-refractivity contribution < 1.29 is 23.4 Å². The Bertz CT molecular complexity index is 878. The number of carbonyl (C=O) groups is 1. The molecule has 0 fully saturated rings. The predicted octanol–water partition coefficient (Wildman–Crippen LogP) is 5.98. The van der Waals surface area contributed by atoms with Gasteiger partial charge in [-0.2, -0.15) is 0 Å². The molecule has 5 nitrogen and oxygen atoms in total. The van der Waals surface area contributed by atoms with E-state index in [1.165, 1.54) is 21.3 Å². The molecule has 0 aromatic heterocycles. The Morgan fingerprint density at radius 2 is 1.45 bits per heavy atom. The number of carbonyl (C=O) groups excluding carboxylic acids is 1. The molecule has 7 heteroatoms. The number of hydrogen-bond acceptors (Lipinski definition) is 5. The maximum atomic E-state index is 13.4. The van der Waals surface area contributed by atoms with Crippen molar-refractivity contribution in [3.63, 3.8) is 0 Å². The van der Waals surface area contributed by atoms with Gasteiger partial charge in [0.1, 0.15) is 5.75 Å². The molecular weight excluding hydrogens is 408 g/mol. The van der Waals surface area contributed by atoms with Gasteiger partial charge in [-0.3, -0.25) is 4.79 Å². The number of ether oxygens (including phenoxy) is 3. The molecule has 0 radical (unpaired) electrons. The second kappa shape index (κ2) is 8.67. The Morgan fingerprint density at radius 1 is 0.897 bits per heavy atom. The molecule has 0 N–H and O–H groups in total. The highest BCUT2D eigenvalue weighted by Gasteiger charge is 2.39. The van der Waals surface area contributed by atoms with Crippen molar-refractivity contribution in [1.29, 1.82) is 0 Å². The van der Waals surface area contributed by atoms with Crippen molar-refractivity contribution in [3.05, 3.63) is 46.5 Å². The van der Waals surface area contributed by atoms with Crippen LogP contribution in [0.15, 0.2) is 30.3 Å². The molecule has 0 aliphatic heterocycles. The Kier molecular flexibility index (Phi) is 6.91. The van der Waals surface area contributed by atoms with Crippen LogP contribution < -0.4 is 18.6 Å². The summed E-state index contributed by atoms with van der Waals surface area (Å²) in [7, 11) is 2.38. The first-order chi connectivity index (χ1) is 13.4. The molecule has 0 atom stereocenters. The largest absolute Gasteiger partial charge is 0.543 e. The lowest BCUT2D eigenvalue weighted by atomic mass is 10.0. The predicted molar refractivity (Wildman–Crippen MR) is 119 cm³/mol. The van der Waals surface area contributed by atoms with Crippen LogP contribution in [0.25, 0.3) is 0 Å². The first kappa shape index (κ1) is 23.1. The molecule has 2 aromatic rings. The van der Waals surface area contributed by atoms with E-state index in [4.69, 9.17) is 30.2 Å². The normalized spacial score (nSPS) is 11.8. The summed E-state index contributed by atoms with van der Waals surface area (Å²) in [6, 6.07) is 8.38. The minimum absolute atomic E-state index is 0.0144. The molecule has 0 unspecified atom stereocenters. The molecule has 0 amide bonds. The maximum Gasteiger partial charge on any atom is 0.250 e. The summed E-state index contributed by atoms with van der Waals surface area (Å²) in [5.74, 6) is 1.53. The van der Waals surface area contributed by atoms with Crippen molar-refractivity contribution >= 4 is 25.7 Å².